The highest BCUT2D eigenvalue weighted by molar-refractivity contribution is 7.99. The molecule has 0 unspecified atom stereocenters. The second kappa shape index (κ2) is 10.8. The first-order valence-corrected chi connectivity index (χ1v) is 11.6. The van der Waals surface area contributed by atoms with Gasteiger partial charge in [0.05, 0.1) is 17.0 Å². The Balaban J connectivity index is 1.49. The molecule has 1 N–H and O–H groups in total. The van der Waals surface area contributed by atoms with Crippen molar-refractivity contribution in [3.63, 3.8) is 0 Å². The summed E-state index contributed by atoms with van der Waals surface area (Å²) < 4.78 is 1.86. The molecule has 0 saturated carbocycles. The van der Waals surface area contributed by atoms with E-state index in [0.29, 0.717) is 31.6 Å². The molecule has 0 bridgehead atoms. The number of pyridine rings is 1. The predicted molar refractivity (Wildman–Crippen MR) is 133 cm³/mol. The van der Waals surface area contributed by atoms with Gasteiger partial charge in [0.15, 0.2) is 11.0 Å². The molecule has 0 aliphatic heterocycles. The van der Waals surface area contributed by atoms with Gasteiger partial charge < -0.3 is 0 Å². The second-order valence-electron chi connectivity index (χ2n) is 6.60. The molecule has 166 valence electrons. The highest BCUT2D eigenvalue weighted by Gasteiger charge is 2.17. The smallest absolute Gasteiger partial charge is 0.250 e. The highest BCUT2D eigenvalue weighted by Crippen LogP contribution is 2.28. The average molecular weight is 518 g/mol. The number of nitrogens with zero attached hydrogens (tertiary/aromatic N) is 5. The van der Waals surface area contributed by atoms with Crippen molar-refractivity contribution in [3.8, 4) is 17.1 Å². The van der Waals surface area contributed by atoms with Crippen molar-refractivity contribution in [1.29, 1.82) is 0 Å². The van der Waals surface area contributed by atoms with E-state index in [-0.39, 0.29) is 11.7 Å². The molecule has 2 aromatic carbocycles. The minimum absolute atomic E-state index is 0.0771. The number of amides is 1. The van der Waals surface area contributed by atoms with E-state index in [1.165, 1.54) is 18.0 Å². The lowest BCUT2D eigenvalue weighted by atomic mass is 10.2. The third-order valence-electron chi connectivity index (χ3n) is 4.34. The molecule has 0 aliphatic carbocycles. The first-order chi connectivity index (χ1) is 16.0. The van der Waals surface area contributed by atoms with E-state index in [0.717, 1.165) is 11.3 Å². The minimum atomic E-state index is -0.308. The molecule has 33 heavy (non-hydrogen) atoms. The van der Waals surface area contributed by atoms with Gasteiger partial charge in [-0.3, -0.25) is 14.3 Å². The number of hydrogen-bond acceptors (Lipinski definition) is 6. The van der Waals surface area contributed by atoms with Crippen LogP contribution in [0.1, 0.15) is 5.56 Å². The first-order valence-electron chi connectivity index (χ1n) is 9.53. The van der Waals surface area contributed by atoms with Crippen LogP contribution < -0.4 is 5.43 Å². The zero-order chi connectivity index (χ0) is 23.2. The summed E-state index contributed by atoms with van der Waals surface area (Å²) in [5.41, 5.74) is 4.78. The second-order valence-corrected chi connectivity index (χ2v) is 8.82. The number of aromatic nitrogens is 4. The Morgan fingerprint density at radius 2 is 1.73 bits per heavy atom. The molecule has 0 fully saturated rings. The van der Waals surface area contributed by atoms with Crippen molar-refractivity contribution in [2.45, 2.75) is 5.16 Å². The Morgan fingerprint density at radius 3 is 2.45 bits per heavy atom. The van der Waals surface area contributed by atoms with Crippen LogP contribution in [0, 0.1) is 0 Å². The number of nitrogens with one attached hydrogen (secondary N) is 1. The molecule has 7 nitrogen and oxygen atoms in total. The van der Waals surface area contributed by atoms with Gasteiger partial charge in [0.1, 0.15) is 0 Å². The molecule has 4 rings (SSSR count). The molecule has 11 heteroatoms. The molecular weight excluding hydrogens is 503 g/mol. The number of halogens is 3. The van der Waals surface area contributed by atoms with Gasteiger partial charge in [-0.2, -0.15) is 5.10 Å². The van der Waals surface area contributed by atoms with Crippen LogP contribution in [-0.2, 0) is 4.79 Å². The maximum absolute atomic E-state index is 12.3. The average Bonchev–Trinajstić information content (AvgIpc) is 3.24. The number of hydrazone groups is 1. The number of carbonyl (C=O) groups excluding carboxylic acids is 1. The third-order valence-corrected chi connectivity index (χ3v) is 6.09. The van der Waals surface area contributed by atoms with E-state index in [4.69, 9.17) is 34.8 Å². The Bertz CT molecular complexity index is 1300. The van der Waals surface area contributed by atoms with Crippen molar-refractivity contribution >= 4 is 58.7 Å². The van der Waals surface area contributed by atoms with Crippen LogP contribution in [0.3, 0.4) is 0 Å². The van der Waals surface area contributed by atoms with E-state index in [9.17, 15) is 4.79 Å². The minimum Gasteiger partial charge on any atom is -0.272 e. The van der Waals surface area contributed by atoms with E-state index in [1.807, 2.05) is 28.8 Å². The number of thioether (sulfide) groups is 1. The molecule has 4 aromatic rings. The van der Waals surface area contributed by atoms with Gasteiger partial charge in [-0.05, 0) is 48.5 Å². The Morgan fingerprint density at radius 1 is 1.00 bits per heavy atom. The van der Waals surface area contributed by atoms with Crippen molar-refractivity contribution < 1.29 is 4.79 Å². The van der Waals surface area contributed by atoms with Gasteiger partial charge in [-0.15, -0.1) is 10.2 Å². The quantitative estimate of drug-likeness (QED) is 0.198. The summed E-state index contributed by atoms with van der Waals surface area (Å²) >= 11 is 19.3. The maximum atomic E-state index is 12.3. The number of rotatable bonds is 7. The molecule has 0 atom stereocenters. The summed E-state index contributed by atoms with van der Waals surface area (Å²) in [6.45, 7) is 0. The lowest BCUT2D eigenvalue weighted by Gasteiger charge is -2.10. The van der Waals surface area contributed by atoms with Crippen LogP contribution in [0.4, 0.5) is 0 Å². The molecule has 2 aromatic heterocycles. The summed E-state index contributed by atoms with van der Waals surface area (Å²) in [6, 6.07) is 16.0. The van der Waals surface area contributed by atoms with Crippen LogP contribution in [0.5, 0.6) is 0 Å². The largest absolute Gasteiger partial charge is 0.272 e. The summed E-state index contributed by atoms with van der Waals surface area (Å²) in [4.78, 5) is 16.4. The monoisotopic (exact) mass is 516 g/mol. The number of hydrogen-bond donors (Lipinski definition) is 1. The summed E-state index contributed by atoms with van der Waals surface area (Å²) in [7, 11) is 0. The molecular formula is C22H15Cl3N6OS. The molecule has 2 heterocycles. The third kappa shape index (κ3) is 5.91. The molecule has 0 spiro atoms. The van der Waals surface area contributed by atoms with Crippen molar-refractivity contribution in [3.05, 3.63) is 87.6 Å². The topological polar surface area (TPSA) is 85.1 Å². The van der Waals surface area contributed by atoms with Gasteiger partial charge in [0.25, 0.3) is 5.91 Å². The van der Waals surface area contributed by atoms with Gasteiger partial charge in [0.2, 0.25) is 0 Å². The lowest BCUT2D eigenvalue weighted by Crippen LogP contribution is -2.20. The lowest BCUT2D eigenvalue weighted by molar-refractivity contribution is -0.118. The fraction of sp³-hybridized carbons (Fsp3) is 0.0455. The summed E-state index contributed by atoms with van der Waals surface area (Å²) in [5.74, 6) is 0.392. The zero-order valence-corrected chi connectivity index (χ0v) is 19.9. The van der Waals surface area contributed by atoms with Gasteiger partial charge in [-0.1, -0.05) is 52.6 Å². The van der Waals surface area contributed by atoms with E-state index >= 15 is 0 Å². The Kier molecular flexibility index (Phi) is 7.61. The normalized spacial score (nSPS) is 11.1. The van der Waals surface area contributed by atoms with Crippen LogP contribution in [0.2, 0.25) is 15.1 Å². The number of benzene rings is 2. The van der Waals surface area contributed by atoms with E-state index in [1.54, 1.807) is 42.7 Å². The standard InChI is InChI=1S/C22H15Cl3N6OS/c23-16-3-5-18(6-4-16)31-21(14-7-9-26-10-8-14)29-30-22(31)33-13-20(32)28-27-12-15-1-2-17(24)11-19(15)25/h1-12H,13H2,(H,28,32)/b27-12-. The fourth-order valence-electron chi connectivity index (χ4n) is 2.82. The van der Waals surface area contributed by atoms with Gasteiger partial charge >= 0.3 is 0 Å². The van der Waals surface area contributed by atoms with Crippen LogP contribution >= 0.6 is 46.6 Å². The summed E-state index contributed by atoms with van der Waals surface area (Å²) in [6.07, 6.45) is 4.82. The van der Waals surface area contributed by atoms with Crippen molar-refractivity contribution in [1.82, 2.24) is 25.2 Å². The fourth-order valence-corrected chi connectivity index (χ4v) is 4.14. The van der Waals surface area contributed by atoms with Crippen LogP contribution in [0.15, 0.2) is 77.2 Å². The van der Waals surface area contributed by atoms with Crippen molar-refractivity contribution in [2.24, 2.45) is 5.10 Å². The molecule has 1 amide bonds. The zero-order valence-electron chi connectivity index (χ0n) is 16.8. The van der Waals surface area contributed by atoms with Gasteiger partial charge in [-0.25, -0.2) is 5.43 Å². The number of carbonyl (C=O) groups is 1. The molecule has 0 saturated heterocycles. The highest BCUT2D eigenvalue weighted by atomic mass is 35.5. The molecule has 0 radical (unpaired) electrons. The van der Waals surface area contributed by atoms with E-state index in [2.05, 4.69) is 25.7 Å². The maximum Gasteiger partial charge on any atom is 0.250 e. The van der Waals surface area contributed by atoms with Gasteiger partial charge in [0, 0.05) is 39.3 Å². The van der Waals surface area contributed by atoms with Crippen LogP contribution in [0.25, 0.3) is 17.1 Å². The SMILES string of the molecule is O=C(CSc1nnc(-c2ccncc2)n1-c1ccc(Cl)cc1)N/N=C\c1ccc(Cl)cc1Cl. The van der Waals surface area contributed by atoms with Crippen LogP contribution in [-0.4, -0.2) is 37.6 Å². The first kappa shape index (κ1) is 23.3. The Labute approximate surface area is 208 Å². The molecule has 0 aliphatic rings. The van der Waals surface area contributed by atoms with E-state index < -0.39 is 0 Å². The summed E-state index contributed by atoms with van der Waals surface area (Å²) in [5, 5.41) is 14.7. The Hall–Kier alpha value is -2.91. The predicted octanol–water partition coefficient (Wildman–Crippen LogP) is 5.53. The van der Waals surface area contributed by atoms with Crippen molar-refractivity contribution in [2.75, 3.05) is 5.75 Å².